The molecule has 0 N–H and O–H groups in total. The van der Waals surface area contributed by atoms with Crippen molar-refractivity contribution in [3.05, 3.63) is 76.2 Å². The van der Waals surface area contributed by atoms with Gasteiger partial charge in [0.2, 0.25) is 0 Å². The summed E-state index contributed by atoms with van der Waals surface area (Å²) in [6.45, 7) is 2.05. The van der Waals surface area contributed by atoms with Gasteiger partial charge >= 0.3 is 6.18 Å². The van der Waals surface area contributed by atoms with E-state index in [1.54, 1.807) is 0 Å². The Kier molecular flexibility index (Phi) is 5.11. The molecule has 0 saturated heterocycles. The van der Waals surface area contributed by atoms with E-state index in [0.717, 1.165) is 17.7 Å². The van der Waals surface area contributed by atoms with Crippen molar-refractivity contribution in [1.29, 1.82) is 0 Å². The quantitative estimate of drug-likeness (QED) is 0.435. The Morgan fingerprint density at radius 2 is 1.83 bits per heavy atom. The first-order chi connectivity index (χ1) is 14.3. The number of nitrogens with zero attached hydrogens (tertiary/aromatic N) is 4. The predicted octanol–water partition coefficient (Wildman–Crippen LogP) is 4.82. The van der Waals surface area contributed by atoms with E-state index in [1.807, 2.05) is 31.2 Å². The molecule has 0 bridgehead atoms. The van der Waals surface area contributed by atoms with Crippen LogP contribution in [0.1, 0.15) is 11.1 Å². The van der Waals surface area contributed by atoms with Crippen molar-refractivity contribution in [3.8, 4) is 17.1 Å². The lowest BCUT2D eigenvalue weighted by Gasteiger charge is -2.14. The smallest absolute Gasteiger partial charge is 0.291 e. The van der Waals surface area contributed by atoms with Crippen molar-refractivity contribution in [2.75, 3.05) is 5.88 Å². The van der Waals surface area contributed by atoms with Crippen LogP contribution in [0.3, 0.4) is 0 Å². The van der Waals surface area contributed by atoms with Crippen molar-refractivity contribution in [2.45, 2.75) is 19.6 Å². The molecule has 4 aromatic rings. The summed E-state index contributed by atoms with van der Waals surface area (Å²) in [5, 5.41) is 4.54. The summed E-state index contributed by atoms with van der Waals surface area (Å²) in [5.41, 5.74) is 0.947. The second-order valence-corrected chi connectivity index (χ2v) is 7.17. The van der Waals surface area contributed by atoms with Gasteiger partial charge in [0.05, 0.1) is 17.4 Å². The highest BCUT2D eigenvalue weighted by Gasteiger charge is 2.31. The Morgan fingerprint density at radius 1 is 1.10 bits per heavy atom. The zero-order valence-corrected chi connectivity index (χ0v) is 16.6. The Morgan fingerprint density at radius 3 is 2.50 bits per heavy atom. The van der Waals surface area contributed by atoms with Gasteiger partial charge in [0, 0.05) is 18.0 Å². The molecule has 154 valence electrons. The average Bonchev–Trinajstić information content (AvgIpc) is 3.14. The monoisotopic (exact) mass is 432 g/mol. The lowest BCUT2D eigenvalue weighted by Crippen LogP contribution is -2.24. The van der Waals surface area contributed by atoms with Crippen LogP contribution in [0.15, 0.2) is 59.5 Å². The van der Waals surface area contributed by atoms with Crippen molar-refractivity contribution in [2.24, 2.45) is 0 Å². The molecule has 30 heavy (non-hydrogen) atoms. The molecule has 4 rings (SSSR count). The third kappa shape index (κ3) is 3.59. The van der Waals surface area contributed by atoms with Gasteiger partial charge in [0.25, 0.3) is 5.56 Å². The van der Waals surface area contributed by atoms with Gasteiger partial charge < -0.3 is 0 Å². The summed E-state index contributed by atoms with van der Waals surface area (Å²) in [4.78, 5) is 17.6. The summed E-state index contributed by atoms with van der Waals surface area (Å²) >= 11 is 5.85. The Labute approximate surface area is 174 Å². The first-order valence-corrected chi connectivity index (χ1v) is 9.62. The van der Waals surface area contributed by atoms with E-state index in [-0.39, 0.29) is 34.8 Å². The van der Waals surface area contributed by atoms with E-state index in [0.29, 0.717) is 5.69 Å². The molecule has 0 fully saturated rings. The minimum Gasteiger partial charge on any atom is -0.291 e. The molecule has 0 spiro atoms. The number of alkyl halides is 4. The van der Waals surface area contributed by atoms with Crippen molar-refractivity contribution < 1.29 is 13.2 Å². The third-order valence-electron chi connectivity index (χ3n) is 4.72. The molecule has 0 amide bonds. The van der Waals surface area contributed by atoms with Crippen LogP contribution in [0, 0.1) is 6.92 Å². The second kappa shape index (κ2) is 7.60. The highest BCUT2D eigenvalue weighted by Crippen LogP contribution is 2.32. The van der Waals surface area contributed by atoms with Gasteiger partial charge in [0.1, 0.15) is 11.2 Å². The number of hydrogen-bond acceptors (Lipinski definition) is 3. The Bertz CT molecular complexity index is 1280. The van der Waals surface area contributed by atoms with Gasteiger partial charge in [-0.05, 0) is 31.2 Å². The topological polar surface area (TPSA) is 52.7 Å². The lowest BCUT2D eigenvalue weighted by molar-refractivity contribution is -0.137. The number of halogens is 4. The van der Waals surface area contributed by atoms with E-state index in [4.69, 9.17) is 11.6 Å². The second-order valence-electron chi connectivity index (χ2n) is 6.79. The molecule has 2 aromatic carbocycles. The van der Waals surface area contributed by atoms with Gasteiger partial charge in [-0.3, -0.25) is 9.36 Å². The number of rotatable bonds is 4. The zero-order chi connectivity index (χ0) is 21.5. The molecular weight excluding hydrogens is 417 g/mol. The summed E-state index contributed by atoms with van der Waals surface area (Å²) in [6, 6.07) is 12.2. The summed E-state index contributed by atoms with van der Waals surface area (Å²) in [5.74, 6) is 0.207. The van der Waals surface area contributed by atoms with Crippen molar-refractivity contribution in [1.82, 2.24) is 19.3 Å². The largest absolute Gasteiger partial charge is 0.416 e. The van der Waals surface area contributed by atoms with Gasteiger partial charge in [-0.1, -0.05) is 29.8 Å². The molecule has 0 radical (unpaired) electrons. The maximum Gasteiger partial charge on any atom is 0.416 e. The van der Waals surface area contributed by atoms with Crippen LogP contribution in [-0.4, -0.2) is 25.2 Å². The van der Waals surface area contributed by atoms with Crippen LogP contribution in [0.25, 0.3) is 28.1 Å². The lowest BCUT2D eigenvalue weighted by atomic mass is 10.1. The minimum absolute atomic E-state index is 0.102. The maximum absolute atomic E-state index is 13.2. The van der Waals surface area contributed by atoms with E-state index in [2.05, 4.69) is 10.1 Å². The molecular formula is C21H16ClF3N4O. The van der Waals surface area contributed by atoms with E-state index in [1.165, 1.54) is 27.6 Å². The SMILES string of the molecule is Cc1ccc(-n2ncc3c(=O)n(CCCl)c(-c4cccc(C(F)(F)F)c4)nc32)cc1. The molecule has 0 aliphatic heterocycles. The first kappa shape index (κ1) is 20.2. The van der Waals surface area contributed by atoms with Crippen LogP contribution in [0.2, 0.25) is 0 Å². The highest BCUT2D eigenvalue weighted by atomic mass is 35.5. The Balaban J connectivity index is 1.99. The van der Waals surface area contributed by atoms with Gasteiger partial charge in [-0.2, -0.15) is 18.3 Å². The standard InChI is InChI=1S/C21H16ClF3N4O/c1-13-5-7-16(8-6-13)29-19-17(12-26-29)20(30)28(10-9-22)18(27-19)14-3-2-4-15(11-14)21(23,24)25/h2-8,11-12H,9-10H2,1H3. The fraction of sp³-hybridized carbons (Fsp3) is 0.190. The molecule has 0 atom stereocenters. The number of benzene rings is 2. The average molecular weight is 433 g/mol. The van der Waals surface area contributed by atoms with Crippen LogP contribution in [0.4, 0.5) is 13.2 Å². The first-order valence-electron chi connectivity index (χ1n) is 9.09. The van der Waals surface area contributed by atoms with Gasteiger partial charge in [-0.15, -0.1) is 11.6 Å². The number of hydrogen-bond donors (Lipinski definition) is 0. The van der Waals surface area contributed by atoms with E-state index < -0.39 is 17.3 Å². The summed E-state index contributed by atoms with van der Waals surface area (Å²) in [7, 11) is 0. The molecule has 0 unspecified atom stereocenters. The third-order valence-corrected chi connectivity index (χ3v) is 4.89. The van der Waals surface area contributed by atoms with Crippen LogP contribution in [0.5, 0.6) is 0 Å². The molecule has 2 heterocycles. The van der Waals surface area contributed by atoms with Crippen LogP contribution >= 0.6 is 11.6 Å². The molecule has 0 saturated carbocycles. The van der Waals surface area contributed by atoms with Crippen molar-refractivity contribution in [3.63, 3.8) is 0 Å². The zero-order valence-electron chi connectivity index (χ0n) is 15.8. The van der Waals surface area contributed by atoms with Crippen molar-refractivity contribution >= 4 is 22.6 Å². The number of aryl methyl sites for hydroxylation is 1. The molecule has 2 aromatic heterocycles. The highest BCUT2D eigenvalue weighted by molar-refractivity contribution is 6.17. The van der Waals surface area contributed by atoms with Gasteiger partial charge in [-0.25, -0.2) is 9.67 Å². The summed E-state index contributed by atoms with van der Waals surface area (Å²) in [6.07, 6.45) is -3.10. The molecule has 0 aliphatic carbocycles. The normalized spacial score (nSPS) is 11.9. The summed E-state index contributed by atoms with van der Waals surface area (Å²) < 4.78 is 42.4. The molecule has 9 heteroatoms. The number of fused-ring (bicyclic) bond motifs is 1. The molecule has 0 aliphatic rings. The van der Waals surface area contributed by atoms with E-state index >= 15 is 0 Å². The van der Waals surface area contributed by atoms with Gasteiger partial charge in [0.15, 0.2) is 5.65 Å². The Hall–Kier alpha value is -3.13. The maximum atomic E-state index is 13.2. The van der Waals surface area contributed by atoms with E-state index in [9.17, 15) is 18.0 Å². The molecule has 5 nitrogen and oxygen atoms in total. The van der Waals surface area contributed by atoms with Crippen LogP contribution < -0.4 is 5.56 Å². The predicted molar refractivity (Wildman–Crippen MR) is 109 cm³/mol. The number of aromatic nitrogens is 4. The minimum atomic E-state index is -4.51. The van der Waals surface area contributed by atoms with Crippen LogP contribution in [-0.2, 0) is 12.7 Å². The fourth-order valence-electron chi connectivity index (χ4n) is 3.22. The fourth-order valence-corrected chi connectivity index (χ4v) is 3.39.